The fourth-order valence-corrected chi connectivity index (χ4v) is 5.86. The van der Waals surface area contributed by atoms with Gasteiger partial charge in [-0.05, 0) is 57.6 Å². The van der Waals surface area contributed by atoms with Gasteiger partial charge in [-0.15, -0.1) is 0 Å². The standard InChI is InChI=1S/C23H28ClN3O/c1-15(2)27-18-9-11-23(27,12-10-18)21(17-7-5-4-6-8-17)26-22(28)20-16(3)13-25-14-19(20)24/h4-8,13-15,18,21H,9-12H2,1-3H3,(H,26,28). The zero-order chi connectivity index (χ0) is 19.9. The summed E-state index contributed by atoms with van der Waals surface area (Å²) >= 11 is 6.34. The molecule has 4 rings (SSSR count). The van der Waals surface area contributed by atoms with Crippen LogP contribution in [-0.2, 0) is 0 Å². The first-order valence-electron chi connectivity index (χ1n) is 10.2. The Balaban J connectivity index is 1.75. The number of aryl methyl sites for hydroxylation is 1. The molecule has 1 amide bonds. The maximum atomic E-state index is 13.3. The first-order valence-corrected chi connectivity index (χ1v) is 10.6. The maximum absolute atomic E-state index is 13.3. The van der Waals surface area contributed by atoms with Crippen LogP contribution in [0.4, 0.5) is 0 Å². The molecule has 148 valence electrons. The molecule has 0 spiro atoms. The fourth-order valence-electron chi connectivity index (χ4n) is 5.57. The molecule has 28 heavy (non-hydrogen) atoms. The van der Waals surface area contributed by atoms with E-state index in [-0.39, 0.29) is 17.5 Å². The van der Waals surface area contributed by atoms with E-state index in [2.05, 4.69) is 53.3 Å². The van der Waals surface area contributed by atoms with Crippen LogP contribution in [0.15, 0.2) is 42.7 Å². The predicted molar refractivity (Wildman–Crippen MR) is 113 cm³/mol. The zero-order valence-corrected chi connectivity index (χ0v) is 17.5. The van der Waals surface area contributed by atoms with Crippen molar-refractivity contribution in [3.63, 3.8) is 0 Å². The zero-order valence-electron chi connectivity index (χ0n) is 16.8. The molecule has 1 unspecified atom stereocenters. The van der Waals surface area contributed by atoms with Crippen molar-refractivity contribution in [2.45, 2.75) is 70.1 Å². The molecule has 2 bridgehead atoms. The van der Waals surface area contributed by atoms with Crippen molar-refractivity contribution < 1.29 is 4.79 Å². The van der Waals surface area contributed by atoms with E-state index >= 15 is 0 Å². The lowest BCUT2D eigenvalue weighted by molar-refractivity contribution is 0.0653. The van der Waals surface area contributed by atoms with Crippen molar-refractivity contribution >= 4 is 17.5 Å². The van der Waals surface area contributed by atoms with Crippen LogP contribution in [0.3, 0.4) is 0 Å². The monoisotopic (exact) mass is 397 g/mol. The normalized spacial score (nSPS) is 25.2. The number of rotatable bonds is 5. The SMILES string of the molecule is Cc1cncc(Cl)c1C(=O)NC(c1ccccc1)C12CCC(CC1)N2C(C)C. The molecule has 2 saturated heterocycles. The van der Waals surface area contributed by atoms with Gasteiger partial charge in [-0.25, -0.2) is 0 Å². The number of aromatic nitrogens is 1. The Hall–Kier alpha value is -1.91. The lowest BCUT2D eigenvalue weighted by Crippen LogP contribution is -2.54. The molecule has 2 aliphatic rings. The van der Waals surface area contributed by atoms with Crippen molar-refractivity contribution in [1.29, 1.82) is 0 Å². The quantitative estimate of drug-likeness (QED) is 0.778. The molecule has 1 aromatic heterocycles. The Bertz CT molecular complexity index is 839. The molecule has 1 aromatic carbocycles. The second-order valence-electron chi connectivity index (χ2n) is 8.47. The highest BCUT2D eigenvalue weighted by Crippen LogP contribution is 2.53. The Kier molecular flexibility index (Phi) is 5.19. The number of benzene rings is 1. The number of hydrogen-bond donors (Lipinski definition) is 1. The number of carbonyl (C=O) groups excluding carboxylic acids is 1. The van der Waals surface area contributed by atoms with Gasteiger partial charge in [-0.3, -0.25) is 14.7 Å². The molecule has 0 aliphatic carbocycles. The number of hydrogen-bond acceptors (Lipinski definition) is 3. The summed E-state index contributed by atoms with van der Waals surface area (Å²) in [6.07, 6.45) is 7.86. The number of nitrogens with one attached hydrogen (secondary N) is 1. The van der Waals surface area contributed by atoms with Crippen molar-refractivity contribution in [1.82, 2.24) is 15.2 Å². The fraction of sp³-hybridized carbons (Fsp3) is 0.478. The van der Waals surface area contributed by atoms with Gasteiger partial charge in [0.2, 0.25) is 0 Å². The van der Waals surface area contributed by atoms with Crippen LogP contribution in [0.1, 0.15) is 67.1 Å². The molecule has 5 heteroatoms. The Morgan fingerprint density at radius 1 is 1.21 bits per heavy atom. The molecule has 1 atom stereocenters. The molecular weight excluding hydrogens is 370 g/mol. The van der Waals surface area contributed by atoms with Gasteiger partial charge in [0.25, 0.3) is 5.91 Å². The van der Waals surface area contributed by atoms with E-state index in [1.807, 2.05) is 13.0 Å². The second-order valence-corrected chi connectivity index (χ2v) is 8.87. The summed E-state index contributed by atoms with van der Waals surface area (Å²) in [5, 5.41) is 3.78. The van der Waals surface area contributed by atoms with Crippen LogP contribution in [0.5, 0.6) is 0 Å². The average molecular weight is 398 g/mol. The molecule has 2 fully saturated rings. The van der Waals surface area contributed by atoms with E-state index in [0.29, 0.717) is 22.7 Å². The van der Waals surface area contributed by atoms with Gasteiger partial charge < -0.3 is 5.32 Å². The molecular formula is C23H28ClN3O. The van der Waals surface area contributed by atoms with Crippen LogP contribution in [0.25, 0.3) is 0 Å². The highest BCUT2D eigenvalue weighted by atomic mass is 35.5. The van der Waals surface area contributed by atoms with Gasteiger partial charge in [0, 0.05) is 30.0 Å². The topological polar surface area (TPSA) is 45.2 Å². The Labute approximate surface area is 172 Å². The highest BCUT2D eigenvalue weighted by molar-refractivity contribution is 6.33. The maximum Gasteiger partial charge on any atom is 0.253 e. The molecule has 2 aliphatic heterocycles. The highest BCUT2D eigenvalue weighted by Gasteiger charge is 2.57. The largest absolute Gasteiger partial charge is 0.343 e. The third-order valence-electron chi connectivity index (χ3n) is 6.55. The van der Waals surface area contributed by atoms with E-state index in [1.165, 1.54) is 12.8 Å². The summed E-state index contributed by atoms with van der Waals surface area (Å²) in [5.41, 5.74) is 2.44. The van der Waals surface area contributed by atoms with Crippen LogP contribution < -0.4 is 5.32 Å². The van der Waals surface area contributed by atoms with Gasteiger partial charge in [0.15, 0.2) is 0 Å². The van der Waals surface area contributed by atoms with Gasteiger partial charge in [0.05, 0.1) is 16.6 Å². The minimum atomic E-state index is -0.118. The van der Waals surface area contributed by atoms with Gasteiger partial charge in [-0.2, -0.15) is 0 Å². The first kappa shape index (κ1) is 19.4. The number of amides is 1. The molecule has 4 nitrogen and oxygen atoms in total. The van der Waals surface area contributed by atoms with E-state index in [0.717, 1.165) is 24.0 Å². The molecule has 2 aromatic rings. The Morgan fingerprint density at radius 2 is 1.89 bits per heavy atom. The lowest BCUT2D eigenvalue weighted by atomic mass is 9.78. The lowest BCUT2D eigenvalue weighted by Gasteiger charge is -2.44. The average Bonchev–Trinajstić information content (AvgIpc) is 3.23. The van der Waals surface area contributed by atoms with Crippen LogP contribution in [0, 0.1) is 6.92 Å². The van der Waals surface area contributed by atoms with E-state index < -0.39 is 0 Å². The third kappa shape index (κ3) is 3.13. The van der Waals surface area contributed by atoms with Gasteiger partial charge in [-0.1, -0.05) is 41.9 Å². The minimum absolute atomic E-state index is 0.0384. The second kappa shape index (κ2) is 7.49. The summed E-state index contributed by atoms with van der Waals surface area (Å²) < 4.78 is 0. The molecule has 3 heterocycles. The van der Waals surface area contributed by atoms with E-state index in [4.69, 9.17) is 11.6 Å². The van der Waals surface area contributed by atoms with Gasteiger partial charge in [0.1, 0.15) is 0 Å². The minimum Gasteiger partial charge on any atom is -0.343 e. The Morgan fingerprint density at radius 3 is 2.50 bits per heavy atom. The molecule has 1 N–H and O–H groups in total. The predicted octanol–water partition coefficient (Wildman–Crippen LogP) is 4.92. The summed E-state index contributed by atoms with van der Waals surface area (Å²) in [6, 6.07) is 11.4. The van der Waals surface area contributed by atoms with Crippen LogP contribution in [0.2, 0.25) is 5.02 Å². The van der Waals surface area contributed by atoms with E-state index in [9.17, 15) is 4.79 Å². The number of fused-ring (bicyclic) bond motifs is 2. The summed E-state index contributed by atoms with van der Waals surface area (Å²) in [5.74, 6) is -0.118. The number of nitrogens with zero attached hydrogens (tertiary/aromatic N) is 2. The summed E-state index contributed by atoms with van der Waals surface area (Å²) in [4.78, 5) is 20.1. The number of halogens is 1. The van der Waals surface area contributed by atoms with Crippen LogP contribution in [-0.4, -0.2) is 33.4 Å². The smallest absolute Gasteiger partial charge is 0.253 e. The van der Waals surface area contributed by atoms with Crippen LogP contribution >= 0.6 is 11.6 Å². The van der Waals surface area contributed by atoms with Crippen molar-refractivity contribution in [2.24, 2.45) is 0 Å². The van der Waals surface area contributed by atoms with Gasteiger partial charge >= 0.3 is 0 Å². The summed E-state index contributed by atoms with van der Waals surface area (Å²) in [7, 11) is 0. The van der Waals surface area contributed by atoms with Crippen molar-refractivity contribution in [3.05, 3.63) is 64.4 Å². The van der Waals surface area contributed by atoms with Crippen molar-refractivity contribution in [2.75, 3.05) is 0 Å². The summed E-state index contributed by atoms with van der Waals surface area (Å²) in [6.45, 7) is 6.42. The van der Waals surface area contributed by atoms with Crippen molar-refractivity contribution in [3.8, 4) is 0 Å². The first-order chi connectivity index (χ1) is 13.4. The molecule has 0 saturated carbocycles. The molecule has 0 radical (unpaired) electrons. The number of pyridine rings is 1. The third-order valence-corrected chi connectivity index (χ3v) is 6.83. The number of carbonyl (C=O) groups is 1. The van der Waals surface area contributed by atoms with E-state index in [1.54, 1.807) is 12.4 Å².